The Labute approximate surface area is 127 Å². The summed E-state index contributed by atoms with van der Waals surface area (Å²) < 4.78 is 6.50. The lowest BCUT2D eigenvalue weighted by molar-refractivity contribution is 0.0306. The van der Waals surface area contributed by atoms with Gasteiger partial charge in [0.2, 0.25) is 0 Å². The van der Waals surface area contributed by atoms with Crippen LogP contribution in [0.25, 0.3) is 22.2 Å². The Bertz CT molecular complexity index is 864. The van der Waals surface area contributed by atoms with Crippen molar-refractivity contribution in [2.24, 2.45) is 0 Å². The van der Waals surface area contributed by atoms with Crippen LogP contribution in [0.5, 0.6) is 5.75 Å². The number of ether oxygens (including phenoxy) is 1. The maximum absolute atomic E-state index is 6.50. The van der Waals surface area contributed by atoms with Gasteiger partial charge in [0.1, 0.15) is 11.4 Å². The second-order valence-electron chi connectivity index (χ2n) is 6.02. The third kappa shape index (κ3) is 1.51. The number of hydrogen-bond acceptors (Lipinski definition) is 4. The number of para-hydroxylation sites is 1. The van der Waals surface area contributed by atoms with E-state index in [1.54, 1.807) is 0 Å². The van der Waals surface area contributed by atoms with E-state index in [4.69, 9.17) is 4.74 Å². The molecule has 3 aromatic rings. The molecule has 0 amide bonds. The van der Waals surface area contributed by atoms with Gasteiger partial charge in [-0.3, -0.25) is 5.10 Å². The summed E-state index contributed by atoms with van der Waals surface area (Å²) in [5.41, 5.74) is 4.12. The van der Waals surface area contributed by atoms with Crippen molar-refractivity contribution >= 4 is 11.0 Å². The Morgan fingerprint density at radius 3 is 2.86 bits per heavy atom. The molecule has 2 aliphatic heterocycles. The molecule has 5 nitrogen and oxygen atoms in total. The van der Waals surface area contributed by atoms with Crippen LogP contribution in [0.3, 0.4) is 0 Å². The van der Waals surface area contributed by atoms with Crippen LogP contribution in [-0.4, -0.2) is 28.3 Å². The van der Waals surface area contributed by atoms with Gasteiger partial charge in [-0.25, -0.2) is 4.98 Å². The Balaban J connectivity index is 1.87. The lowest BCUT2D eigenvalue weighted by atomic mass is 9.78. The predicted molar refractivity (Wildman–Crippen MR) is 83.7 cm³/mol. The van der Waals surface area contributed by atoms with E-state index in [9.17, 15) is 0 Å². The molecule has 0 unspecified atom stereocenters. The van der Waals surface area contributed by atoms with Crippen LogP contribution >= 0.6 is 0 Å². The third-order valence-corrected chi connectivity index (χ3v) is 4.84. The molecular formula is C17H16N4O. The molecule has 0 saturated carbocycles. The zero-order chi connectivity index (χ0) is 14.6. The Hall–Kier alpha value is -2.40. The smallest absolute Gasteiger partial charge is 0.155 e. The number of pyridine rings is 1. The summed E-state index contributed by atoms with van der Waals surface area (Å²) in [6.45, 7) is 1.93. The summed E-state index contributed by atoms with van der Waals surface area (Å²) in [5.74, 6) is 0.964. The Kier molecular flexibility index (Phi) is 2.38. The largest absolute Gasteiger partial charge is 0.482 e. The number of fused-ring (bicyclic) bond motifs is 6. The van der Waals surface area contributed by atoms with Crippen molar-refractivity contribution in [2.75, 3.05) is 13.1 Å². The lowest BCUT2D eigenvalue weighted by Crippen LogP contribution is -2.45. The number of rotatable bonds is 0. The van der Waals surface area contributed by atoms with Crippen molar-refractivity contribution < 1.29 is 4.74 Å². The number of H-pyrrole nitrogens is 1. The predicted octanol–water partition coefficient (Wildman–Crippen LogP) is 2.60. The van der Waals surface area contributed by atoms with Crippen LogP contribution in [0.4, 0.5) is 0 Å². The number of aromatic nitrogens is 3. The molecule has 4 heterocycles. The van der Waals surface area contributed by atoms with E-state index in [2.05, 4.69) is 38.7 Å². The Morgan fingerprint density at radius 2 is 1.95 bits per heavy atom. The van der Waals surface area contributed by atoms with Crippen molar-refractivity contribution in [3.8, 4) is 16.9 Å². The van der Waals surface area contributed by atoms with Crippen LogP contribution in [0.2, 0.25) is 0 Å². The van der Waals surface area contributed by atoms with Gasteiger partial charge in [0.25, 0.3) is 0 Å². The molecule has 22 heavy (non-hydrogen) atoms. The fourth-order valence-corrected chi connectivity index (χ4v) is 3.76. The fourth-order valence-electron chi connectivity index (χ4n) is 3.76. The zero-order valence-corrected chi connectivity index (χ0v) is 12.1. The second-order valence-corrected chi connectivity index (χ2v) is 6.02. The SMILES string of the molecule is c1ccc2c(c1)OC1(CCNCC1)c1cnc3[nH]ncc3c1-2. The number of aromatic amines is 1. The van der Waals surface area contributed by atoms with E-state index < -0.39 is 0 Å². The summed E-state index contributed by atoms with van der Waals surface area (Å²) >= 11 is 0. The molecule has 1 aromatic carbocycles. The van der Waals surface area contributed by atoms with Gasteiger partial charge in [0.05, 0.1) is 6.20 Å². The minimum Gasteiger partial charge on any atom is -0.482 e. The minimum absolute atomic E-state index is 0.270. The van der Waals surface area contributed by atoms with E-state index in [-0.39, 0.29) is 5.60 Å². The van der Waals surface area contributed by atoms with Crippen LogP contribution < -0.4 is 10.1 Å². The maximum Gasteiger partial charge on any atom is 0.155 e. The number of hydrogen-bond donors (Lipinski definition) is 2. The summed E-state index contributed by atoms with van der Waals surface area (Å²) in [7, 11) is 0. The van der Waals surface area contributed by atoms with E-state index in [1.165, 1.54) is 11.1 Å². The highest BCUT2D eigenvalue weighted by Gasteiger charge is 2.42. The van der Waals surface area contributed by atoms with Crippen molar-refractivity contribution in [1.29, 1.82) is 0 Å². The first-order valence-corrected chi connectivity index (χ1v) is 7.69. The van der Waals surface area contributed by atoms with Gasteiger partial charge < -0.3 is 10.1 Å². The van der Waals surface area contributed by atoms with E-state index in [0.717, 1.165) is 48.3 Å². The topological polar surface area (TPSA) is 62.8 Å². The van der Waals surface area contributed by atoms with Crippen molar-refractivity contribution in [2.45, 2.75) is 18.4 Å². The third-order valence-electron chi connectivity index (χ3n) is 4.84. The normalized spacial score (nSPS) is 18.7. The first-order valence-electron chi connectivity index (χ1n) is 7.69. The highest BCUT2D eigenvalue weighted by Crippen LogP contribution is 2.50. The zero-order valence-electron chi connectivity index (χ0n) is 12.1. The van der Waals surface area contributed by atoms with E-state index in [1.807, 2.05) is 18.5 Å². The molecule has 110 valence electrons. The van der Waals surface area contributed by atoms with Gasteiger partial charge in [-0.15, -0.1) is 0 Å². The lowest BCUT2D eigenvalue weighted by Gasteiger charge is -2.42. The molecule has 1 saturated heterocycles. The molecule has 2 N–H and O–H groups in total. The summed E-state index contributed by atoms with van der Waals surface area (Å²) in [6.07, 6.45) is 5.76. The van der Waals surface area contributed by atoms with Crippen LogP contribution in [0.1, 0.15) is 18.4 Å². The van der Waals surface area contributed by atoms with Gasteiger partial charge in [0, 0.05) is 41.1 Å². The summed E-state index contributed by atoms with van der Waals surface area (Å²) in [5, 5.41) is 11.7. The average Bonchev–Trinajstić information content (AvgIpc) is 3.04. The molecule has 0 aliphatic carbocycles. The molecule has 1 spiro atoms. The first-order chi connectivity index (χ1) is 10.9. The van der Waals surface area contributed by atoms with Gasteiger partial charge in [-0.05, 0) is 19.2 Å². The number of nitrogens with zero attached hydrogens (tertiary/aromatic N) is 2. The molecule has 0 radical (unpaired) electrons. The molecular weight excluding hydrogens is 276 g/mol. The van der Waals surface area contributed by atoms with Crippen molar-refractivity contribution in [3.63, 3.8) is 0 Å². The van der Waals surface area contributed by atoms with Crippen molar-refractivity contribution in [3.05, 3.63) is 42.2 Å². The molecule has 5 heteroatoms. The number of nitrogens with one attached hydrogen (secondary N) is 2. The quantitative estimate of drug-likeness (QED) is 0.668. The average molecular weight is 292 g/mol. The highest BCUT2D eigenvalue weighted by atomic mass is 16.5. The van der Waals surface area contributed by atoms with Gasteiger partial charge in [0.15, 0.2) is 5.65 Å². The minimum atomic E-state index is -0.270. The van der Waals surface area contributed by atoms with Crippen molar-refractivity contribution in [1.82, 2.24) is 20.5 Å². The van der Waals surface area contributed by atoms with Gasteiger partial charge in [-0.2, -0.15) is 5.10 Å². The molecule has 2 aliphatic rings. The van der Waals surface area contributed by atoms with E-state index >= 15 is 0 Å². The monoisotopic (exact) mass is 292 g/mol. The standard InChI is InChI=1S/C17H16N4O/c1-2-4-14-11(3-1)15-12-9-20-21-16(12)19-10-13(15)17(22-14)5-7-18-8-6-17/h1-4,9-10,18H,5-8H2,(H,19,20,21). The van der Waals surface area contributed by atoms with Crippen LogP contribution in [0.15, 0.2) is 36.7 Å². The first kappa shape index (κ1) is 12.2. The highest BCUT2D eigenvalue weighted by molar-refractivity contribution is 5.97. The van der Waals surface area contributed by atoms with E-state index in [0.29, 0.717) is 0 Å². The maximum atomic E-state index is 6.50. The number of benzene rings is 1. The Morgan fingerprint density at radius 1 is 1.09 bits per heavy atom. The fraction of sp³-hybridized carbons (Fsp3) is 0.294. The summed E-state index contributed by atoms with van der Waals surface area (Å²) in [6, 6.07) is 8.27. The van der Waals surface area contributed by atoms with Crippen LogP contribution in [-0.2, 0) is 5.60 Å². The second kappa shape index (κ2) is 4.30. The molecule has 1 fully saturated rings. The molecule has 0 bridgehead atoms. The van der Waals surface area contributed by atoms with Gasteiger partial charge in [-0.1, -0.05) is 18.2 Å². The molecule has 5 rings (SSSR count). The summed E-state index contributed by atoms with van der Waals surface area (Å²) in [4.78, 5) is 4.56. The number of piperidine rings is 1. The van der Waals surface area contributed by atoms with Crippen LogP contribution in [0, 0.1) is 0 Å². The molecule has 0 atom stereocenters. The van der Waals surface area contributed by atoms with Gasteiger partial charge >= 0.3 is 0 Å². The molecule has 2 aromatic heterocycles.